The number of hydrogen-bond acceptors (Lipinski definition) is 5. The summed E-state index contributed by atoms with van der Waals surface area (Å²) in [7, 11) is 1.51. The van der Waals surface area contributed by atoms with Gasteiger partial charge in [0.1, 0.15) is 0 Å². The van der Waals surface area contributed by atoms with Crippen molar-refractivity contribution in [2.24, 2.45) is 11.8 Å². The lowest BCUT2D eigenvalue weighted by Crippen LogP contribution is -2.19. The van der Waals surface area contributed by atoms with Crippen molar-refractivity contribution in [2.75, 3.05) is 20.3 Å². The van der Waals surface area contributed by atoms with E-state index in [9.17, 15) is 10.2 Å². The van der Waals surface area contributed by atoms with Crippen molar-refractivity contribution in [2.45, 2.75) is 12.4 Å². The molecule has 2 heterocycles. The largest absolute Gasteiger partial charge is 0.504 e. The Morgan fingerprint density at radius 2 is 2.00 bits per heavy atom. The van der Waals surface area contributed by atoms with Crippen LogP contribution in [0.3, 0.4) is 0 Å². The standard InChI is InChI=1S/C13H16O5/c1-16-11-4-7(2-3-10(11)14)12-8-5-18-13(15)9(8)6-17-12/h2-4,8-9,12-15H,5-6H2,1H3/t8-,9-,12+,13-/m0/s1. The molecule has 2 saturated heterocycles. The molecule has 18 heavy (non-hydrogen) atoms. The highest BCUT2D eigenvalue weighted by molar-refractivity contribution is 5.42. The molecular formula is C13H16O5. The van der Waals surface area contributed by atoms with Crippen LogP contribution in [0.15, 0.2) is 18.2 Å². The van der Waals surface area contributed by atoms with E-state index in [0.29, 0.717) is 19.0 Å². The van der Waals surface area contributed by atoms with Crippen LogP contribution in [0, 0.1) is 11.8 Å². The molecule has 2 aliphatic rings. The van der Waals surface area contributed by atoms with Gasteiger partial charge in [0.25, 0.3) is 0 Å². The van der Waals surface area contributed by atoms with E-state index in [2.05, 4.69) is 0 Å². The first kappa shape index (κ1) is 11.8. The molecule has 5 nitrogen and oxygen atoms in total. The summed E-state index contributed by atoms with van der Waals surface area (Å²) in [4.78, 5) is 0. The Balaban J connectivity index is 1.87. The Labute approximate surface area is 105 Å². The molecule has 0 aliphatic carbocycles. The number of aliphatic hydroxyl groups is 1. The highest BCUT2D eigenvalue weighted by Crippen LogP contribution is 2.45. The second-order valence-corrected chi connectivity index (χ2v) is 4.74. The molecule has 4 atom stereocenters. The zero-order chi connectivity index (χ0) is 12.7. The van der Waals surface area contributed by atoms with Gasteiger partial charge in [-0.2, -0.15) is 0 Å². The molecule has 0 bridgehead atoms. The first-order valence-electron chi connectivity index (χ1n) is 5.99. The van der Waals surface area contributed by atoms with Crippen molar-refractivity contribution in [3.8, 4) is 11.5 Å². The molecule has 0 radical (unpaired) electrons. The summed E-state index contributed by atoms with van der Waals surface area (Å²) in [5.41, 5.74) is 0.940. The van der Waals surface area contributed by atoms with E-state index in [1.54, 1.807) is 12.1 Å². The van der Waals surface area contributed by atoms with E-state index in [0.717, 1.165) is 5.56 Å². The number of hydrogen-bond donors (Lipinski definition) is 2. The third-order valence-corrected chi connectivity index (χ3v) is 3.77. The summed E-state index contributed by atoms with van der Waals surface area (Å²) in [6.07, 6.45) is -0.833. The fraction of sp³-hybridized carbons (Fsp3) is 0.538. The van der Waals surface area contributed by atoms with Gasteiger partial charge in [0.2, 0.25) is 0 Å². The molecule has 3 rings (SSSR count). The van der Waals surface area contributed by atoms with Crippen molar-refractivity contribution in [3.05, 3.63) is 23.8 Å². The van der Waals surface area contributed by atoms with Gasteiger partial charge in [-0.25, -0.2) is 0 Å². The number of phenols is 1. The summed E-state index contributed by atoms with van der Waals surface area (Å²) in [5.74, 6) is 0.738. The smallest absolute Gasteiger partial charge is 0.160 e. The molecule has 0 unspecified atom stereocenters. The number of rotatable bonds is 2. The Bertz CT molecular complexity index is 447. The molecule has 5 heteroatoms. The molecule has 0 aromatic heterocycles. The highest BCUT2D eigenvalue weighted by atomic mass is 16.6. The van der Waals surface area contributed by atoms with Crippen molar-refractivity contribution < 1.29 is 24.4 Å². The average Bonchev–Trinajstić information content (AvgIpc) is 2.94. The molecule has 1 aromatic carbocycles. The molecule has 0 saturated carbocycles. The maximum atomic E-state index is 9.64. The molecular weight excluding hydrogens is 236 g/mol. The van der Waals surface area contributed by atoms with Crippen LogP contribution >= 0.6 is 0 Å². The minimum atomic E-state index is -0.723. The molecule has 2 aliphatic heterocycles. The van der Waals surface area contributed by atoms with Gasteiger partial charge in [-0.3, -0.25) is 0 Å². The van der Waals surface area contributed by atoms with Gasteiger partial charge >= 0.3 is 0 Å². The fourth-order valence-corrected chi connectivity index (χ4v) is 2.74. The molecule has 0 spiro atoms. The van der Waals surface area contributed by atoms with E-state index in [-0.39, 0.29) is 23.7 Å². The van der Waals surface area contributed by atoms with Crippen LogP contribution in [0.4, 0.5) is 0 Å². The summed E-state index contributed by atoms with van der Waals surface area (Å²) >= 11 is 0. The molecule has 0 amide bonds. The van der Waals surface area contributed by atoms with Gasteiger partial charge in [-0.15, -0.1) is 0 Å². The Morgan fingerprint density at radius 3 is 2.78 bits per heavy atom. The molecule has 1 aromatic rings. The third-order valence-electron chi connectivity index (χ3n) is 3.77. The average molecular weight is 252 g/mol. The van der Waals surface area contributed by atoms with Crippen LogP contribution < -0.4 is 4.74 Å². The predicted octanol–water partition coefficient (Wildman–Crippen LogP) is 1.05. The monoisotopic (exact) mass is 252 g/mol. The molecule has 98 valence electrons. The first-order valence-corrected chi connectivity index (χ1v) is 5.99. The number of ether oxygens (including phenoxy) is 3. The third kappa shape index (κ3) is 1.75. The maximum Gasteiger partial charge on any atom is 0.160 e. The SMILES string of the molecule is COc1cc([C@H]2OC[C@H]3[C@@H]2CO[C@@H]3O)ccc1O. The quantitative estimate of drug-likeness (QED) is 0.823. The number of phenolic OH excluding ortho intramolecular Hbond substituents is 1. The lowest BCUT2D eigenvalue weighted by molar-refractivity contribution is -0.0961. The normalized spacial score (nSPS) is 34.6. The van der Waals surface area contributed by atoms with E-state index >= 15 is 0 Å². The van der Waals surface area contributed by atoms with Crippen LogP contribution in [0.25, 0.3) is 0 Å². The van der Waals surface area contributed by atoms with Crippen molar-refractivity contribution in [1.29, 1.82) is 0 Å². The van der Waals surface area contributed by atoms with Gasteiger partial charge in [-0.05, 0) is 17.7 Å². The number of fused-ring (bicyclic) bond motifs is 1. The van der Waals surface area contributed by atoms with Gasteiger partial charge < -0.3 is 24.4 Å². The summed E-state index contributed by atoms with van der Waals surface area (Å²) in [6, 6.07) is 5.18. The van der Waals surface area contributed by atoms with Gasteiger partial charge in [-0.1, -0.05) is 6.07 Å². The van der Waals surface area contributed by atoms with E-state index in [1.807, 2.05) is 6.07 Å². The van der Waals surface area contributed by atoms with Crippen LogP contribution in [0.2, 0.25) is 0 Å². The zero-order valence-electron chi connectivity index (χ0n) is 10.1. The Kier molecular flexibility index (Phi) is 2.89. The van der Waals surface area contributed by atoms with E-state index in [4.69, 9.17) is 14.2 Å². The minimum Gasteiger partial charge on any atom is -0.504 e. The molecule has 2 fully saturated rings. The fourth-order valence-electron chi connectivity index (χ4n) is 2.74. The van der Waals surface area contributed by atoms with Crippen molar-refractivity contribution in [1.82, 2.24) is 0 Å². The van der Waals surface area contributed by atoms with Gasteiger partial charge in [0, 0.05) is 11.8 Å². The van der Waals surface area contributed by atoms with Gasteiger partial charge in [0.15, 0.2) is 17.8 Å². The lowest BCUT2D eigenvalue weighted by Gasteiger charge is -2.17. The summed E-state index contributed by atoms with van der Waals surface area (Å²) < 4.78 is 16.1. The molecule has 2 N–H and O–H groups in total. The number of aliphatic hydroxyl groups excluding tert-OH is 1. The first-order chi connectivity index (χ1) is 8.70. The Hall–Kier alpha value is -1.30. The number of methoxy groups -OCH3 is 1. The second-order valence-electron chi connectivity index (χ2n) is 4.74. The highest BCUT2D eigenvalue weighted by Gasteiger charge is 2.47. The van der Waals surface area contributed by atoms with Crippen LogP contribution in [-0.4, -0.2) is 36.8 Å². The summed E-state index contributed by atoms with van der Waals surface area (Å²) in [5, 5.41) is 19.2. The van der Waals surface area contributed by atoms with E-state index < -0.39 is 6.29 Å². The number of aromatic hydroxyl groups is 1. The topological polar surface area (TPSA) is 68.2 Å². The van der Waals surface area contributed by atoms with Gasteiger partial charge in [0.05, 0.1) is 26.4 Å². The van der Waals surface area contributed by atoms with Crippen LogP contribution in [0.5, 0.6) is 11.5 Å². The van der Waals surface area contributed by atoms with Crippen molar-refractivity contribution >= 4 is 0 Å². The number of benzene rings is 1. The summed E-state index contributed by atoms with van der Waals surface area (Å²) in [6.45, 7) is 0.999. The minimum absolute atomic E-state index is 0.0368. The second kappa shape index (κ2) is 4.42. The Morgan fingerprint density at radius 1 is 1.22 bits per heavy atom. The van der Waals surface area contributed by atoms with Crippen LogP contribution in [0.1, 0.15) is 11.7 Å². The van der Waals surface area contributed by atoms with Crippen molar-refractivity contribution in [3.63, 3.8) is 0 Å². The van der Waals surface area contributed by atoms with E-state index in [1.165, 1.54) is 7.11 Å². The maximum absolute atomic E-state index is 9.64. The van der Waals surface area contributed by atoms with Crippen LogP contribution in [-0.2, 0) is 9.47 Å². The predicted molar refractivity (Wildman–Crippen MR) is 62.3 cm³/mol. The zero-order valence-corrected chi connectivity index (χ0v) is 10.1. The lowest BCUT2D eigenvalue weighted by atomic mass is 9.89.